The average molecular weight is 275 g/mol. The molecule has 4 heteroatoms. The third kappa shape index (κ3) is 4.14. The minimum absolute atomic E-state index is 0.328. The molecule has 0 aliphatic carbocycles. The van der Waals surface area contributed by atoms with Crippen LogP contribution in [0.15, 0.2) is 12.1 Å². The van der Waals surface area contributed by atoms with Gasteiger partial charge in [-0.05, 0) is 24.6 Å². The van der Waals surface area contributed by atoms with Crippen LogP contribution in [0.5, 0.6) is 0 Å². The Morgan fingerprint density at radius 1 is 1.32 bits per heavy atom. The van der Waals surface area contributed by atoms with Gasteiger partial charge in [0.15, 0.2) is 0 Å². The zero-order valence-electron chi connectivity index (χ0n) is 12.5. The highest BCUT2D eigenvalue weighted by Crippen LogP contribution is 2.22. The van der Waals surface area contributed by atoms with Crippen LogP contribution in [-0.2, 0) is 4.74 Å². The fourth-order valence-electron chi connectivity index (χ4n) is 1.63. The quantitative estimate of drug-likeness (QED) is 0.512. The van der Waals surface area contributed by atoms with Gasteiger partial charge in [0.1, 0.15) is 8.07 Å². The van der Waals surface area contributed by atoms with Crippen molar-refractivity contribution in [2.75, 3.05) is 19.5 Å². The van der Waals surface area contributed by atoms with E-state index in [1.807, 2.05) is 20.0 Å². The lowest BCUT2D eigenvalue weighted by atomic mass is 10.0. The Hall–Kier alpha value is -1.73. The van der Waals surface area contributed by atoms with E-state index in [4.69, 9.17) is 4.74 Å². The highest BCUT2D eigenvalue weighted by atomic mass is 28.3. The van der Waals surface area contributed by atoms with Crippen LogP contribution in [0, 0.1) is 18.4 Å². The molecule has 1 rings (SSSR count). The van der Waals surface area contributed by atoms with Crippen LogP contribution >= 0.6 is 0 Å². The van der Waals surface area contributed by atoms with Gasteiger partial charge in [-0.1, -0.05) is 25.6 Å². The Balaban J connectivity index is 3.35. The molecule has 0 radical (unpaired) electrons. The van der Waals surface area contributed by atoms with E-state index in [0.29, 0.717) is 5.56 Å². The van der Waals surface area contributed by atoms with Crippen LogP contribution in [0.1, 0.15) is 21.5 Å². The molecule has 0 unspecified atom stereocenters. The molecule has 102 valence electrons. The third-order valence-corrected chi connectivity index (χ3v) is 3.54. The van der Waals surface area contributed by atoms with Crippen LogP contribution < -0.4 is 5.32 Å². The van der Waals surface area contributed by atoms with Crippen molar-refractivity contribution in [3.05, 3.63) is 28.8 Å². The second-order valence-electron chi connectivity index (χ2n) is 5.44. The summed E-state index contributed by atoms with van der Waals surface area (Å²) >= 11 is 0. The summed E-state index contributed by atoms with van der Waals surface area (Å²) in [5.74, 6) is 2.84. The lowest BCUT2D eigenvalue weighted by Crippen LogP contribution is -2.16. The number of hydrogen-bond donors (Lipinski definition) is 1. The van der Waals surface area contributed by atoms with Crippen molar-refractivity contribution in [3.8, 4) is 11.5 Å². The molecule has 0 saturated carbocycles. The van der Waals surface area contributed by atoms with E-state index in [9.17, 15) is 4.79 Å². The maximum atomic E-state index is 11.8. The lowest BCUT2D eigenvalue weighted by Gasteiger charge is -2.11. The first-order valence-corrected chi connectivity index (χ1v) is 9.72. The Labute approximate surface area is 116 Å². The summed E-state index contributed by atoms with van der Waals surface area (Å²) in [6, 6.07) is 3.77. The Morgan fingerprint density at radius 3 is 2.42 bits per heavy atom. The van der Waals surface area contributed by atoms with Gasteiger partial charge in [0.05, 0.1) is 12.7 Å². The van der Waals surface area contributed by atoms with E-state index < -0.39 is 8.07 Å². The summed E-state index contributed by atoms with van der Waals surface area (Å²) < 4.78 is 4.81. The molecule has 19 heavy (non-hydrogen) atoms. The largest absolute Gasteiger partial charge is 0.465 e. The van der Waals surface area contributed by atoms with E-state index >= 15 is 0 Å². The molecule has 0 saturated heterocycles. The molecule has 0 aliphatic rings. The number of nitrogens with one attached hydrogen (secondary N) is 1. The molecule has 1 aromatic rings. The fourth-order valence-corrected chi connectivity index (χ4v) is 2.15. The molecule has 1 aromatic carbocycles. The van der Waals surface area contributed by atoms with Crippen LogP contribution in [0.4, 0.5) is 5.69 Å². The molecule has 0 aromatic heterocycles. The van der Waals surface area contributed by atoms with Crippen LogP contribution in [-0.4, -0.2) is 28.2 Å². The zero-order chi connectivity index (χ0) is 14.6. The van der Waals surface area contributed by atoms with Crippen molar-refractivity contribution in [2.45, 2.75) is 26.6 Å². The number of hydrogen-bond acceptors (Lipinski definition) is 3. The number of benzene rings is 1. The van der Waals surface area contributed by atoms with E-state index in [0.717, 1.165) is 16.8 Å². The second-order valence-corrected chi connectivity index (χ2v) is 10.2. The first-order valence-electron chi connectivity index (χ1n) is 6.22. The first kappa shape index (κ1) is 15.3. The van der Waals surface area contributed by atoms with Crippen LogP contribution in [0.2, 0.25) is 19.6 Å². The van der Waals surface area contributed by atoms with Crippen LogP contribution in [0.3, 0.4) is 0 Å². The Morgan fingerprint density at radius 2 is 1.95 bits per heavy atom. The van der Waals surface area contributed by atoms with Crippen molar-refractivity contribution >= 4 is 19.7 Å². The molecule has 0 amide bonds. The SMILES string of the molecule is CNc1cc(C#C[Si](C)(C)C)cc(C(=O)OC)c1C. The number of anilines is 1. The Bertz CT molecular complexity index is 548. The summed E-state index contributed by atoms with van der Waals surface area (Å²) in [6.45, 7) is 8.46. The van der Waals surface area contributed by atoms with Crippen molar-refractivity contribution in [1.82, 2.24) is 0 Å². The highest BCUT2D eigenvalue weighted by molar-refractivity contribution is 6.83. The van der Waals surface area contributed by atoms with Crippen molar-refractivity contribution in [3.63, 3.8) is 0 Å². The smallest absolute Gasteiger partial charge is 0.338 e. The lowest BCUT2D eigenvalue weighted by molar-refractivity contribution is 0.0600. The summed E-state index contributed by atoms with van der Waals surface area (Å²) in [7, 11) is 1.79. The van der Waals surface area contributed by atoms with Crippen LogP contribution in [0.25, 0.3) is 0 Å². The van der Waals surface area contributed by atoms with Crippen molar-refractivity contribution < 1.29 is 9.53 Å². The molecule has 3 nitrogen and oxygen atoms in total. The van der Waals surface area contributed by atoms with Gasteiger partial charge in [-0.15, -0.1) is 5.54 Å². The molecule has 0 fully saturated rings. The maximum absolute atomic E-state index is 11.8. The fraction of sp³-hybridized carbons (Fsp3) is 0.400. The molecule has 1 N–H and O–H groups in total. The highest BCUT2D eigenvalue weighted by Gasteiger charge is 2.14. The van der Waals surface area contributed by atoms with Gasteiger partial charge in [0, 0.05) is 18.3 Å². The summed E-state index contributed by atoms with van der Waals surface area (Å²) in [5.41, 5.74) is 6.50. The second kappa shape index (κ2) is 5.94. The molecule has 0 bridgehead atoms. The van der Waals surface area contributed by atoms with Crippen molar-refractivity contribution in [2.24, 2.45) is 0 Å². The van der Waals surface area contributed by atoms with E-state index in [1.165, 1.54) is 7.11 Å². The van der Waals surface area contributed by atoms with Crippen molar-refractivity contribution in [1.29, 1.82) is 0 Å². The number of methoxy groups -OCH3 is 1. The standard InChI is InChI=1S/C15H21NO2Si/c1-11-13(15(17)18-3)9-12(10-14(11)16-2)7-8-19(4,5)6/h9-10,16H,1-6H3. The number of carbonyl (C=O) groups excluding carboxylic acids is 1. The van der Waals surface area contributed by atoms with E-state index in [-0.39, 0.29) is 5.97 Å². The molecular weight excluding hydrogens is 254 g/mol. The monoisotopic (exact) mass is 275 g/mol. The topological polar surface area (TPSA) is 38.3 Å². The normalized spacial score (nSPS) is 10.4. The van der Waals surface area contributed by atoms with Gasteiger partial charge in [-0.2, -0.15) is 0 Å². The number of ether oxygens (including phenoxy) is 1. The maximum Gasteiger partial charge on any atom is 0.338 e. The number of rotatable bonds is 2. The van der Waals surface area contributed by atoms with E-state index in [1.54, 1.807) is 6.07 Å². The molecule has 0 spiro atoms. The van der Waals surface area contributed by atoms with Gasteiger partial charge in [-0.25, -0.2) is 4.79 Å². The Kier molecular flexibility index (Phi) is 4.79. The number of esters is 1. The van der Waals surface area contributed by atoms with Gasteiger partial charge >= 0.3 is 5.97 Å². The number of carbonyl (C=O) groups is 1. The third-order valence-electron chi connectivity index (χ3n) is 2.66. The summed E-state index contributed by atoms with van der Waals surface area (Å²) in [6.07, 6.45) is 0. The molecule has 0 aliphatic heterocycles. The predicted octanol–water partition coefficient (Wildman–Crippen LogP) is 3.05. The van der Waals surface area contributed by atoms with Gasteiger partial charge in [0.2, 0.25) is 0 Å². The molecule has 0 heterocycles. The predicted molar refractivity (Wildman–Crippen MR) is 82.3 cm³/mol. The summed E-state index contributed by atoms with van der Waals surface area (Å²) in [5, 5.41) is 3.09. The van der Waals surface area contributed by atoms with Gasteiger partial charge < -0.3 is 10.1 Å². The average Bonchev–Trinajstić information content (AvgIpc) is 2.35. The molecule has 0 atom stereocenters. The molecular formula is C15H21NO2Si. The minimum atomic E-state index is -1.43. The zero-order valence-corrected chi connectivity index (χ0v) is 13.5. The van der Waals surface area contributed by atoms with Gasteiger partial charge in [0.25, 0.3) is 0 Å². The van der Waals surface area contributed by atoms with Gasteiger partial charge in [-0.3, -0.25) is 0 Å². The minimum Gasteiger partial charge on any atom is -0.465 e. The first-order chi connectivity index (χ1) is 8.78. The van der Waals surface area contributed by atoms with E-state index in [2.05, 4.69) is 36.4 Å². The summed E-state index contributed by atoms with van der Waals surface area (Å²) in [4.78, 5) is 11.8.